The second-order valence-electron chi connectivity index (χ2n) is 4.94. The fraction of sp³-hybridized carbons (Fsp3) is 0.500. The van der Waals surface area contributed by atoms with E-state index >= 15 is 0 Å². The third-order valence-electron chi connectivity index (χ3n) is 3.32. The van der Waals surface area contributed by atoms with Gasteiger partial charge in [-0.15, -0.1) is 5.73 Å². The molecule has 1 heteroatoms. The third kappa shape index (κ3) is 5.92. The number of aliphatic hydroxyl groups is 1. The molecule has 1 rings (SSSR count). The Balaban J connectivity index is 2.56. The molecule has 0 saturated carbocycles. The van der Waals surface area contributed by atoms with Gasteiger partial charge in [0.05, 0.1) is 0 Å². The minimum atomic E-state index is -0.511. The van der Waals surface area contributed by atoms with Gasteiger partial charge in [0.1, 0.15) is 6.10 Å². The number of unbranched alkanes of at least 4 members (excludes halogenated alkanes) is 4. The first-order chi connectivity index (χ1) is 9.29. The molecule has 0 saturated heterocycles. The quantitative estimate of drug-likeness (QED) is 0.503. The Kier molecular flexibility index (Phi) is 7.97. The van der Waals surface area contributed by atoms with Crippen LogP contribution in [0.25, 0.3) is 0 Å². The lowest BCUT2D eigenvalue weighted by molar-refractivity contribution is 0.210. The highest BCUT2D eigenvalue weighted by atomic mass is 16.3. The lowest BCUT2D eigenvalue weighted by atomic mass is 9.97. The molecule has 0 heterocycles. The van der Waals surface area contributed by atoms with Crippen molar-refractivity contribution >= 4 is 0 Å². The Hall–Kier alpha value is -1.30. The topological polar surface area (TPSA) is 20.2 Å². The molecule has 104 valence electrons. The lowest BCUT2D eigenvalue weighted by Gasteiger charge is -2.13. The van der Waals surface area contributed by atoms with Crippen molar-refractivity contribution in [2.75, 3.05) is 0 Å². The van der Waals surface area contributed by atoms with Gasteiger partial charge in [0.25, 0.3) is 0 Å². The molecule has 0 spiro atoms. The number of aliphatic hydroxyl groups excluding tert-OH is 1. The van der Waals surface area contributed by atoms with Gasteiger partial charge in [-0.3, -0.25) is 0 Å². The zero-order valence-corrected chi connectivity index (χ0v) is 12.2. The Bertz CT molecular complexity index is 399. The summed E-state index contributed by atoms with van der Waals surface area (Å²) in [5.41, 5.74) is 5.18. The second-order valence-corrected chi connectivity index (χ2v) is 4.94. The minimum absolute atomic E-state index is 0.511. The molecule has 1 aromatic rings. The van der Waals surface area contributed by atoms with Crippen molar-refractivity contribution < 1.29 is 5.11 Å². The van der Waals surface area contributed by atoms with Crippen molar-refractivity contribution in [3.63, 3.8) is 0 Å². The molecule has 0 radical (unpaired) electrons. The Morgan fingerprint density at radius 3 is 2.47 bits per heavy atom. The average Bonchev–Trinajstić information content (AvgIpc) is 2.46. The van der Waals surface area contributed by atoms with Crippen LogP contribution in [0.1, 0.15) is 64.0 Å². The second kappa shape index (κ2) is 9.61. The van der Waals surface area contributed by atoms with E-state index in [1.54, 1.807) is 0 Å². The van der Waals surface area contributed by atoms with E-state index in [0.717, 1.165) is 24.0 Å². The lowest BCUT2D eigenvalue weighted by Crippen LogP contribution is -2.01. The molecule has 0 aliphatic rings. The van der Waals surface area contributed by atoms with E-state index in [9.17, 15) is 5.11 Å². The van der Waals surface area contributed by atoms with Gasteiger partial charge in [-0.1, -0.05) is 62.9 Å². The van der Waals surface area contributed by atoms with Crippen LogP contribution >= 0.6 is 0 Å². The third-order valence-corrected chi connectivity index (χ3v) is 3.32. The summed E-state index contributed by atoms with van der Waals surface area (Å²) in [6, 6.07) is 9.85. The van der Waals surface area contributed by atoms with E-state index in [-0.39, 0.29) is 0 Å². The zero-order chi connectivity index (χ0) is 13.9. The van der Waals surface area contributed by atoms with Crippen LogP contribution < -0.4 is 0 Å². The summed E-state index contributed by atoms with van der Waals surface area (Å²) in [7, 11) is 0. The summed E-state index contributed by atoms with van der Waals surface area (Å²) in [6.45, 7) is 4.18. The van der Waals surface area contributed by atoms with Gasteiger partial charge in [-0.05, 0) is 31.4 Å². The van der Waals surface area contributed by atoms with Crippen LogP contribution in [0.15, 0.2) is 47.7 Å². The van der Waals surface area contributed by atoms with E-state index in [1.165, 1.54) is 25.7 Å². The fourth-order valence-corrected chi connectivity index (χ4v) is 2.23. The maximum atomic E-state index is 10.4. The molecule has 0 fully saturated rings. The van der Waals surface area contributed by atoms with Gasteiger partial charge in [0.15, 0.2) is 0 Å². The highest BCUT2D eigenvalue weighted by Crippen LogP contribution is 2.25. The van der Waals surface area contributed by atoms with Gasteiger partial charge in [-0.25, -0.2) is 0 Å². The van der Waals surface area contributed by atoms with Crippen LogP contribution in [0.2, 0.25) is 0 Å². The minimum Gasteiger partial charge on any atom is -0.383 e. The molecule has 0 bridgehead atoms. The van der Waals surface area contributed by atoms with Crippen LogP contribution in [0, 0.1) is 0 Å². The van der Waals surface area contributed by atoms with Gasteiger partial charge in [-0.2, -0.15) is 0 Å². The van der Waals surface area contributed by atoms with Crippen molar-refractivity contribution in [2.24, 2.45) is 0 Å². The Morgan fingerprint density at radius 1 is 1.16 bits per heavy atom. The molecular formula is C18H26O. The summed E-state index contributed by atoms with van der Waals surface area (Å²) >= 11 is 0. The molecule has 0 aliphatic carbocycles. The first-order valence-electron chi connectivity index (χ1n) is 7.42. The van der Waals surface area contributed by atoms with Crippen LogP contribution in [-0.4, -0.2) is 5.11 Å². The van der Waals surface area contributed by atoms with Gasteiger partial charge < -0.3 is 5.11 Å². The molecule has 1 nitrogen and oxygen atoms in total. The monoisotopic (exact) mass is 258 g/mol. The van der Waals surface area contributed by atoms with Crippen molar-refractivity contribution in [1.29, 1.82) is 0 Å². The molecule has 1 N–H and O–H groups in total. The smallest absolute Gasteiger partial charge is 0.107 e. The molecule has 0 aromatic heterocycles. The van der Waals surface area contributed by atoms with Crippen LogP contribution in [0.4, 0.5) is 0 Å². The van der Waals surface area contributed by atoms with E-state index in [4.69, 9.17) is 0 Å². The first-order valence-corrected chi connectivity index (χ1v) is 7.42. The Labute approximate surface area is 117 Å². The normalized spacial score (nSPS) is 11.7. The van der Waals surface area contributed by atoms with Crippen molar-refractivity contribution in [1.82, 2.24) is 0 Å². The highest BCUT2D eigenvalue weighted by Gasteiger charge is 2.12. The Morgan fingerprint density at radius 2 is 1.84 bits per heavy atom. The van der Waals surface area contributed by atoms with Crippen molar-refractivity contribution in [3.8, 4) is 0 Å². The summed E-state index contributed by atoms with van der Waals surface area (Å²) in [6.07, 6.45) is 8.57. The van der Waals surface area contributed by atoms with Gasteiger partial charge in [0, 0.05) is 5.57 Å². The summed E-state index contributed by atoms with van der Waals surface area (Å²) in [5.74, 6) is 0. The number of hydrogen-bond donors (Lipinski definition) is 1. The summed E-state index contributed by atoms with van der Waals surface area (Å²) < 4.78 is 0. The summed E-state index contributed by atoms with van der Waals surface area (Å²) in [5, 5.41) is 10.4. The van der Waals surface area contributed by atoms with Gasteiger partial charge >= 0.3 is 0 Å². The standard InChI is InChI=1S/C18H26O/c1-3-5-6-7-9-13-16(12-4-2)18(19)17-14-10-8-11-15-17/h4,8,10-11,14-15,18-19H,3,5-7,9,13H2,1-2H3. The highest BCUT2D eigenvalue weighted by molar-refractivity contribution is 5.25. The van der Waals surface area contributed by atoms with Crippen molar-refractivity contribution in [2.45, 2.75) is 58.5 Å². The fourth-order valence-electron chi connectivity index (χ4n) is 2.23. The predicted octanol–water partition coefficient (Wildman–Crippen LogP) is 5.18. The average molecular weight is 258 g/mol. The maximum Gasteiger partial charge on any atom is 0.107 e. The van der Waals surface area contributed by atoms with E-state index in [1.807, 2.05) is 43.3 Å². The summed E-state index contributed by atoms with van der Waals surface area (Å²) in [4.78, 5) is 0. The maximum absolute atomic E-state index is 10.4. The molecular weight excluding hydrogens is 232 g/mol. The molecule has 1 atom stereocenters. The number of benzene rings is 1. The number of hydrogen-bond acceptors (Lipinski definition) is 1. The van der Waals surface area contributed by atoms with Crippen LogP contribution in [-0.2, 0) is 0 Å². The molecule has 0 aliphatic heterocycles. The molecule has 0 amide bonds. The molecule has 19 heavy (non-hydrogen) atoms. The van der Waals surface area contributed by atoms with E-state index < -0.39 is 6.10 Å². The molecule has 1 unspecified atom stereocenters. The largest absolute Gasteiger partial charge is 0.383 e. The van der Waals surface area contributed by atoms with E-state index in [2.05, 4.69) is 12.7 Å². The number of rotatable bonds is 8. The van der Waals surface area contributed by atoms with Crippen LogP contribution in [0.5, 0.6) is 0 Å². The first kappa shape index (κ1) is 15.8. The SMILES string of the molecule is CC=C=C(CCCCCCC)C(O)c1ccccc1. The van der Waals surface area contributed by atoms with Gasteiger partial charge in [0.2, 0.25) is 0 Å². The zero-order valence-electron chi connectivity index (χ0n) is 12.2. The predicted molar refractivity (Wildman–Crippen MR) is 82.0 cm³/mol. The van der Waals surface area contributed by atoms with E-state index in [0.29, 0.717) is 0 Å². The molecule has 1 aromatic carbocycles. The van der Waals surface area contributed by atoms with Crippen molar-refractivity contribution in [3.05, 3.63) is 53.3 Å². The van der Waals surface area contributed by atoms with Crippen LogP contribution in [0.3, 0.4) is 0 Å².